The average Bonchev–Trinajstić information content (AvgIpc) is 2.42. The van der Waals surface area contributed by atoms with E-state index in [1.165, 1.54) is 6.92 Å². The van der Waals surface area contributed by atoms with Crippen LogP contribution in [0.15, 0.2) is 0 Å². The molecule has 0 spiro atoms. The van der Waals surface area contributed by atoms with E-state index in [1.54, 1.807) is 0 Å². The molecule has 1 heterocycles. The summed E-state index contributed by atoms with van der Waals surface area (Å²) in [6.45, 7) is 1.26. The van der Waals surface area contributed by atoms with Gasteiger partial charge in [-0.1, -0.05) is 23.2 Å². The maximum atomic E-state index is 13.7. The van der Waals surface area contributed by atoms with Crippen molar-refractivity contribution < 1.29 is 22.0 Å². The van der Waals surface area contributed by atoms with E-state index in [9.17, 15) is 22.0 Å². The summed E-state index contributed by atoms with van der Waals surface area (Å²) >= 11 is 11.2. The molecule has 2 rings (SSSR count). The van der Waals surface area contributed by atoms with Crippen molar-refractivity contribution in [3.8, 4) is 11.1 Å². The Hall–Kier alpha value is -1.47. The number of hydrogen-bond donors (Lipinski definition) is 0. The van der Waals surface area contributed by atoms with Crippen LogP contribution in [0.1, 0.15) is 5.56 Å². The Bertz CT molecular complexity index is 692. The van der Waals surface area contributed by atoms with Crippen molar-refractivity contribution >= 4 is 23.2 Å². The van der Waals surface area contributed by atoms with Crippen LogP contribution in [0.2, 0.25) is 10.3 Å². The summed E-state index contributed by atoms with van der Waals surface area (Å²) in [7, 11) is 0. The molecule has 0 amide bonds. The van der Waals surface area contributed by atoms with Crippen molar-refractivity contribution in [3.05, 3.63) is 45.0 Å². The first-order valence-corrected chi connectivity index (χ1v) is 5.73. The maximum Gasteiger partial charge on any atom is 0.200 e. The van der Waals surface area contributed by atoms with Gasteiger partial charge in [0.25, 0.3) is 0 Å². The van der Waals surface area contributed by atoms with Gasteiger partial charge in [-0.05, 0) is 12.5 Å². The Balaban J connectivity index is 2.95. The molecule has 0 unspecified atom stereocenters. The summed E-state index contributed by atoms with van der Waals surface area (Å²) in [5, 5.41) is 5.85. The highest BCUT2D eigenvalue weighted by atomic mass is 35.5. The zero-order valence-corrected chi connectivity index (χ0v) is 11.1. The van der Waals surface area contributed by atoms with Crippen molar-refractivity contribution in [2.45, 2.75) is 6.92 Å². The molecule has 1 aromatic carbocycles. The molecule has 106 valence electrons. The molecule has 0 radical (unpaired) electrons. The fourth-order valence-corrected chi connectivity index (χ4v) is 1.99. The van der Waals surface area contributed by atoms with Gasteiger partial charge in [-0.3, -0.25) is 0 Å². The van der Waals surface area contributed by atoms with Crippen LogP contribution in [0.25, 0.3) is 11.1 Å². The van der Waals surface area contributed by atoms with Gasteiger partial charge in [-0.25, -0.2) is 22.0 Å². The molecule has 9 heteroatoms. The summed E-state index contributed by atoms with van der Waals surface area (Å²) in [6.07, 6.45) is 0. The van der Waals surface area contributed by atoms with Crippen LogP contribution < -0.4 is 0 Å². The molecule has 0 saturated carbocycles. The summed E-state index contributed by atoms with van der Waals surface area (Å²) in [5.74, 6) is -10.5. The zero-order chi connectivity index (χ0) is 15.2. The summed E-state index contributed by atoms with van der Waals surface area (Å²) in [4.78, 5) is 0. The standard InChI is InChI=1S/C11H3Cl2F5N2/c1-2-3(11(13)20-19-10(2)12)4-5(14)7(16)9(18)8(17)6(4)15/h1H3. The summed E-state index contributed by atoms with van der Waals surface area (Å²) in [6, 6.07) is 0. The van der Waals surface area contributed by atoms with Gasteiger partial charge in [-0.15, -0.1) is 10.2 Å². The lowest BCUT2D eigenvalue weighted by Gasteiger charge is -2.12. The Morgan fingerprint density at radius 1 is 0.650 bits per heavy atom. The number of hydrogen-bond acceptors (Lipinski definition) is 2. The second kappa shape index (κ2) is 5.14. The lowest BCUT2D eigenvalue weighted by Crippen LogP contribution is -2.06. The van der Waals surface area contributed by atoms with Gasteiger partial charge < -0.3 is 0 Å². The third-order valence-electron chi connectivity index (χ3n) is 2.58. The van der Waals surface area contributed by atoms with Gasteiger partial charge in [-0.2, -0.15) is 0 Å². The largest absolute Gasteiger partial charge is 0.203 e. The van der Waals surface area contributed by atoms with Gasteiger partial charge in [0.15, 0.2) is 33.6 Å². The predicted molar refractivity (Wildman–Crippen MR) is 62.0 cm³/mol. The van der Waals surface area contributed by atoms with Crippen LogP contribution >= 0.6 is 23.2 Å². The zero-order valence-electron chi connectivity index (χ0n) is 9.54. The number of aromatic nitrogens is 2. The molecule has 2 aromatic rings. The molecular formula is C11H3Cl2F5N2. The van der Waals surface area contributed by atoms with Gasteiger partial charge in [0.2, 0.25) is 5.82 Å². The minimum atomic E-state index is -2.26. The first-order chi connectivity index (χ1) is 9.27. The molecule has 2 nitrogen and oxygen atoms in total. The van der Waals surface area contributed by atoms with Gasteiger partial charge in [0, 0.05) is 5.56 Å². The molecule has 0 aliphatic rings. The van der Waals surface area contributed by atoms with Crippen molar-refractivity contribution in [3.63, 3.8) is 0 Å². The van der Waals surface area contributed by atoms with Crippen molar-refractivity contribution in [2.75, 3.05) is 0 Å². The quantitative estimate of drug-likeness (QED) is 0.439. The molecule has 0 atom stereocenters. The average molecular weight is 329 g/mol. The van der Waals surface area contributed by atoms with Crippen LogP contribution in [0.3, 0.4) is 0 Å². The minimum Gasteiger partial charge on any atom is -0.203 e. The van der Waals surface area contributed by atoms with E-state index in [4.69, 9.17) is 23.2 Å². The summed E-state index contributed by atoms with van der Waals surface area (Å²) in [5.41, 5.74) is -1.75. The number of rotatable bonds is 1. The Kier molecular flexibility index (Phi) is 3.84. The predicted octanol–water partition coefficient (Wildman–Crippen LogP) is 4.45. The fraction of sp³-hybridized carbons (Fsp3) is 0.0909. The number of benzene rings is 1. The molecule has 1 aromatic heterocycles. The molecular weight excluding hydrogens is 326 g/mol. The Labute approximate surface area is 119 Å². The third-order valence-corrected chi connectivity index (χ3v) is 3.20. The minimum absolute atomic E-state index is 0.0603. The topological polar surface area (TPSA) is 25.8 Å². The van der Waals surface area contributed by atoms with E-state index in [-0.39, 0.29) is 10.7 Å². The molecule has 20 heavy (non-hydrogen) atoms. The van der Waals surface area contributed by atoms with Crippen molar-refractivity contribution in [2.24, 2.45) is 0 Å². The normalized spacial score (nSPS) is 11.0. The SMILES string of the molecule is Cc1c(Cl)nnc(Cl)c1-c1c(F)c(F)c(F)c(F)c1F. The van der Waals surface area contributed by atoms with Gasteiger partial charge >= 0.3 is 0 Å². The smallest absolute Gasteiger partial charge is 0.200 e. The molecule has 0 N–H and O–H groups in total. The van der Waals surface area contributed by atoms with E-state index in [0.717, 1.165) is 0 Å². The van der Waals surface area contributed by atoms with Crippen molar-refractivity contribution in [1.82, 2.24) is 10.2 Å². The monoisotopic (exact) mass is 328 g/mol. The lowest BCUT2D eigenvalue weighted by atomic mass is 10.0. The van der Waals surface area contributed by atoms with Crippen LogP contribution in [-0.4, -0.2) is 10.2 Å². The highest BCUT2D eigenvalue weighted by molar-refractivity contribution is 6.34. The Morgan fingerprint density at radius 2 is 1.05 bits per heavy atom. The van der Waals surface area contributed by atoms with Crippen molar-refractivity contribution in [1.29, 1.82) is 0 Å². The second-order valence-electron chi connectivity index (χ2n) is 3.73. The summed E-state index contributed by atoms with van der Waals surface area (Å²) < 4.78 is 66.8. The van der Waals surface area contributed by atoms with Crippen LogP contribution in [0.5, 0.6) is 0 Å². The highest BCUT2D eigenvalue weighted by Crippen LogP contribution is 2.37. The van der Waals surface area contributed by atoms with E-state index in [2.05, 4.69) is 10.2 Å². The van der Waals surface area contributed by atoms with E-state index >= 15 is 0 Å². The lowest BCUT2D eigenvalue weighted by molar-refractivity contribution is 0.381. The first-order valence-electron chi connectivity index (χ1n) is 4.97. The molecule has 0 aliphatic heterocycles. The molecule has 0 saturated heterocycles. The van der Waals surface area contributed by atoms with Crippen LogP contribution in [0, 0.1) is 36.0 Å². The van der Waals surface area contributed by atoms with Gasteiger partial charge in [0.05, 0.1) is 5.56 Å². The Morgan fingerprint density at radius 3 is 1.55 bits per heavy atom. The van der Waals surface area contributed by atoms with Gasteiger partial charge in [0.1, 0.15) is 0 Å². The molecule has 0 aliphatic carbocycles. The fourth-order valence-electron chi connectivity index (χ4n) is 1.59. The number of nitrogens with zero attached hydrogens (tertiary/aromatic N) is 2. The first kappa shape index (κ1) is 14.9. The number of halogens is 7. The van der Waals surface area contributed by atoms with Crippen LogP contribution in [0.4, 0.5) is 22.0 Å². The highest BCUT2D eigenvalue weighted by Gasteiger charge is 2.29. The van der Waals surface area contributed by atoms with E-state index in [0.29, 0.717) is 0 Å². The van der Waals surface area contributed by atoms with E-state index < -0.39 is 45.4 Å². The molecule has 0 fully saturated rings. The third kappa shape index (κ3) is 2.10. The molecule has 0 bridgehead atoms. The van der Waals surface area contributed by atoms with E-state index in [1.807, 2.05) is 0 Å². The maximum absolute atomic E-state index is 13.7. The second-order valence-corrected chi connectivity index (χ2v) is 4.44. The van der Waals surface area contributed by atoms with Crippen LogP contribution in [-0.2, 0) is 0 Å².